The predicted molar refractivity (Wildman–Crippen MR) is 111 cm³/mol. The molecule has 1 aliphatic heterocycles. The monoisotopic (exact) mass is 384 g/mol. The molecule has 0 N–H and O–H groups in total. The molecule has 2 heterocycles. The van der Waals surface area contributed by atoms with Crippen LogP contribution >= 0.6 is 0 Å². The van der Waals surface area contributed by atoms with Crippen molar-refractivity contribution >= 4 is 17.4 Å². The van der Waals surface area contributed by atoms with Gasteiger partial charge in [0.2, 0.25) is 5.88 Å². The van der Waals surface area contributed by atoms with Crippen molar-refractivity contribution in [2.24, 2.45) is 0 Å². The largest absolute Gasteiger partial charge is 0.495 e. The Kier molecular flexibility index (Phi) is 5.92. The number of methoxy groups -OCH3 is 2. The number of benzene rings is 1. The molecule has 150 valence electrons. The summed E-state index contributed by atoms with van der Waals surface area (Å²) in [5.74, 6) is 1.32. The van der Waals surface area contributed by atoms with Gasteiger partial charge in [-0.05, 0) is 37.6 Å². The first kappa shape index (κ1) is 19.8. The number of carbonyl (C=O) groups is 1. The van der Waals surface area contributed by atoms with Gasteiger partial charge in [-0.1, -0.05) is 12.1 Å². The highest BCUT2D eigenvalue weighted by Crippen LogP contribution is 2.30. The molecule has 0 unspecified atom stereocenters. The van der Waals surface area contributed by atoms with Gasteiger partial charge < -0.3 is 19.3 Å². The van der Waals surface area contributed by atoms with Gasteiger partial charge in [0.15, 0.2) is 0 Å². The first-order valence-corrected chi connectivity index (χ1v) is 9.39. The number of amides is 2. The number of carbonyl (C=O) groups excluding carboxylic acids is 1. The maximum absolute atomic E-state index is 13.1. The summed E-state index contributed by atoms with van der Waals surface area (Å²) in [7, 11) is 5.02. The number of hydrogen-bond donors (Lipinski definition) is 0. The lowest BCUT2D eigenvalue weighted by atomic mass is 10.2. The summed E-state index contributed by atoms with van der Waals surface area (Å²) in [6.45, 7) is 6.70. The SMILES string of the molecule is COc1ccccc1N1CCN(C(=O)N(C)c2cc(C)c(C)nc2OC)CC1. The Hall–Kier alpha value is -2.96. The van der Waals surface area contributed by atoms with E-state index in [1.54, 1.807) is 26.2 Å². The van der Waals surface area contributed by atoms with Gasteiger partial charge in [0.25, 0.3) is 0 Å². The van der Waals surface area contributed by atoms with Crippen LogP contribution in [0.25, 0.3) is 0 Å². The van der Waals surface area contributed by atoms with Crippen LogP contribution in [0.4, 0.5) is 16.2 Å². The van der Waals surface area contributed by atoms with Crippen molar-refractivity contribution in [1.29, 1.82) is 0 Å². The zero-order valence-electron chi connectivity index (χ0n) is 17.2. The van der Waals surface area contributed by atoms with Gasteiger partial charge in [0, 0.05) is 38.9 Å². The summed E-state index contributed by atoms with van der Waals surface area (Å²) < 4.78 is 10.9. The summed E-state index contributed by atoms with van der Waals surface area (Å²) in [5, 5.41) is 0. The maximum atomic E-state index is 13.1. The Balaban J connectivity index is 1.71. The first-order chi connectivity index (χ1) is 13.5. The fourth-order valence-corrected chi connectivity index (χ4v) is 3.40. The first-order valence-electron chi connectivity index (χ1n) is 9.39. The number of anilines is 2. The predicted octanol–water partition coefficient (Wildman–Crippen LogP) is 3.09. The molecule has 7 nitrogen and oxygen atoms in total. The van der Waals surface area contributed by atoms with Gasteiger partial charge >= 0.3 is 6.03 Å². The number of piperazine rings is 1. The van der Waals surface area contributed by atoms with E-state index in [1.807, 2.05) is 49.1 Å². The van der Waals surface area contributed by atoms with E-state index >= 15 is 0 Å². The van der Waals surface area contributed by atoms with E-state index in [0.717, 1.165) is 35.8 Å². The van der Waals surface area contributed by atoms with E-state index in [-0.39, 0.29) is 6.03 Å². The minimum Gasteiger partial charge on any atom is -0.495 e. The average molecular weight is 384 g/mol. The van der Waals surface area contributed by atoms with Gasteiger partial charge in [-0.3, -0.25) is 4.90 Å². The summed E-state index contributed by atoms with van der Waals surface area (Å²) in [6, 6.07) is 9.87. The highest BCUT2D eigenvalue weighted by atomic mass is 16.5. The van der Waals surface area contributed by atoms with Gasteiger partial charge in [-0.15, -0.1) is 0 Å². The van der Waals surface area contributed by atoms with Crippen molar-refractivity contribution < 1.29 is 14.3 Å². The topological polar surface area (TPSA) is 58.1 Å². The number of urea groups is 1. The van der Waals surface area contributed by atoms with E-state index in [2.05, 4.69) is 9.88 Å². The molecule has 1 aromatic carbocycles. The Labute approximate surface area is 166 Å². The molecule has 0 aliphatic carbocycles. The van der Waals surface area contributed by atoms with Gasteiger partial charge in [-0.2, -0.15) is 0 Å². The highest BCUT2D eigenvalue weighted by Gasteiger charge is 2.27. The number of aryl methyl sites for hydroxylation is 2. The lowest BCUT2D eigenvalue weighted by molar-refractivity contribution is 0.202. The molecule has 2 aromatic rings. The van der Waals surface area contributed by atoms with Crippen LogP contribution in [0, 0.1) is 13.8 Å². The van der Waals surface area contributed by atoms with Crippen molar-refractivity contribution in [2.45, 2.75) is 13.8 Å². The van der Waals surface area contributed by atoms with Crippen LogP contribution in [0.2, 0.25) is 0 Å². The standard InChI is InChI=1S/C21H28N4O3/c1-15-14-18(20(28-5)22-16(15)2)23(3)21(26)25-12-10-24(11-13-25)17-8-6-7-9-19(17)27-4/h6-9,14H,10-13H2,1-5H3. The molecule has 1 aliphatic rings. The second kappa shape index (κ2) is 8.37. The van der Waals surface area contributed by atoms with E-state index in [0.29, 0.717) is 24.7 Å². The molecule has 0 radical (unpaired) electrons. The number of ether oxygens (including phenoxy) is 2. The molecule has 2 amide bonds. The third-order valence-electron chi connectivity index (χ3n) is 5.23. The summed E-state index contributed by atoms with van der Waals surface area (Å²) in [4.78, 5) is 23.2. The minimum absolute atomic E-state index is 0.0528. The Morgan fingerprint density at radius 1 is 1.07 bits per heavy atom. The molecule has 3 rings (SSSR count). The van der Waals surface area contributed by atoms with Crippen molar-refractivity contribution in [1.82, 2.24) is 9.88 Å². The molecule has 1 aromatic heterocycles. The number of aromatic nitrogens is 1. The van der Waals surface area contributed by atoms with E-state index < -0.39 is 0 Å². The van der Waals surface area contributed by atoms with Crippen LogP contribution < -0.4 is 19.3 Å². The normalized spacial score (nSPS) is 14.0. The van der Waals surface area contributed by atoms with Gasteiger partial charge in [0.1, 0.15) is 11.4 Å². The summed E-state index contributed by atoms with van der Waals surface area (Å²) >= 11 is 0. The molecule has 7 heteroatoms. The van der Waals surface area contributed by atoms with Crippen molar-refractivity contribution in [3.05, 3.63) is 41.6 Å². The third-order valence-corrected chi connectivity index (χ3v) is 5.23. The Bertz CT molecular complexity index is 848. The second-order valence-electron chi connectivity index (χ2n) is 6.91. The fraction of sp³-hybridized carbons (Fsp3) is 0.429. The lowest BCUT2D eigenvalue weighted by Gasteiger charge is -2.38. The maximum Gasteiger partial charge on any atom is 0.324 e. The highest BCUT2D eigenvalue weighted by molar-refractivity contribution is 5.93. The quantitative estimate of drug-likeness (QED) is 0.811. The van der Waals surface area contributed by atoms with Crippen molar-refractivity contribution in [3.63, 3.8) is 0 Å². The number of hydrogen-bond acceptors (Lipinski definition) is 5. The van der Waals surface area contributed by atoms with Crippen molar-refractivity contribution in [3.8, 4) is 11.6 Å². The van der Waals surface area contributed by atoms with E-state index in [1.165, 1.54) is 0 Å². The molecule has 28 heavy (non-hydrogen) atoms. The molecule has 1 fully saturated rings. The number of pyridine rings is 1. The van der Waals surface area contributed by atoms with Crippen molar-refractivity contribution in [2.75, 3.05) is 57.2 Å². The zero-order valence-corrected chi connectivity index (χ0v) is 17.2. The number of rotatable bonds is 4. The summed E-state index contributed by atoms with van der Waals surface area (Å²) in [6.07, 6.45) is 0. The average Bonchev–Trinajstić information content (AvgIpc) is 2.74. The minimum atomic E-state index is -0.0528. The molecule has 1 saturated heterocycles. The van der Waals surface area contributed by atoms with Crippen LogP contribution in [-0.4, -0.2) is 63.4 Å². The van der Waals surface area contributed by atoms with Crippen LogP contribution in [-0.2, 0) is 0 Å². The third kappa shape index (κ3) is 3.83. The van der Waals surface area contributed by atoms with Gasteiger partial charge in [-0.25, -0.2) is 9.78 Å². The number of para-hydroxylation sites is 2. The lowest BCUT2D eigenvalue weighted by Crippen LogP contribution is -2.52. The molecule has 0 bridgehead atoms. The molecule has 0 atom stereocenters. The van der Waals surface area contributed by atoms with Crippen LogP contribution in [0.3, 0.4) is 0 Å². The zero-order chi connectivity index (χ0) is 20.3. The number of nitrogens with zero attached hydrogens (tertiary/aromatic N) is 4. The molecule has 0 saturated carbocycles. The molecule has 0 spiro atoms. The summed E-state index contributed by atoms with van der Waals surface area (Å²) in [5.41, 5.74) is 3.66. The van der Waals surface area contributed by atoms with Gasteiger partial charge in [0.05, 0.1) is 19.9 Å². The van der Waals surface area contributed by atoms with Crippen LogP contribution in [0.5, 0.6) is 11.6 Å². The molecular formula is C21H28N4O3. The fourth-order valence-electron chi connectivity index (χ4n) is 3.40. The van der Waals surface area contributed by atoms with Crippen LogP contribution in [0.1, 0.15) is 11.3 Å². The van der Waals surface area contributed by atoms with Crippen LogP contribution in [0.15, 0.2) is 30.3 Å². The van der Waals surface area contributed by atoms with E-state index in [9.17, 15) is 4.79 Å². The Morgan fingerprint density at radius 3 is 2.39 bits per heavy atom. The second-order valence-corrected chi connectivity index (χ2v) is 6.91. The molecular weight excluding hydrogens is 356 g/mol. The Morgan fingerprint density at radius 2 is 1.75 bits per heavy atom. The smallest absolute Gasteiger partial charge is 0.324 e. The van der Waals surface area contributed by atoms with E-state index in [4.69, 9.17) is 9.47 Å².